The second kappa shape index (κ2) is 4.63. The molecule has 3 nitrogen and oxygen atoms in total. The second-order valence-electron chi connectivity index (χ2n) is 5.54. The van der Waals surface area contributed by atoms with Gasteiger partial charge in [0.1, 0.15) is 0 Å². The number of hydrogen-bond donors (Lipinski definition) is 1. The first kappa shape index (κ1) is 12.3. The van der Waals surface area contributed by atoms with Crippen LogP contribution in [0.5, 0.6) is 0 Å². The standard InChI is InChI=1S/C13H25NO2/c1-4-11-8-14-10-13(16-11)6-7-15-12(3,5-2)9-13/h11,14H,4-10H2,1-3H3. The van der Waals surface area contributed by atoms with Crippen LogP contribution in [0, 0.1) is 0 Å². The van der Waals surface area contributed by atoms with E-state index in [4.69, 9.17) is 9.47 Å². The Labute approximate surface area is 98.9 Å². The fourth-order valence-electron chi connectivity index (χ4n) is 2.91. The van der Waals surface area contributed by atoms with Crippen LogP contribution >= 0.6 is 0 Å². The van der Waals surface area contributed by atoms with Crippen LogP contribution in [0.2, 0.25) is 0 Å². The Morgan fingerprint density at radius 3 is 2.88 bits per heavy atom. The van der Waals surface area contributed by atoms with Crippen LogP contribution in [0.4, 0.5) is 0 Å². The van der Waals surface area contributed by atoms with Crippen LogP contribution in [0.3, 0.4) is 0 Å². The van der Waals surface area contributed by atoms with E-state index in [1.807, 2.05) is 0 Å². The quantitative estimate of drug-likeness (QED) is 0.783. The molecule has 0 aromatic carbocycles. The Hall–Kier alpha value is -0.120. The van der Waals surface area contributed by atoms with Crippen molar-refractivity contribution >= 4 is 0 Å². The summed E-state index contributed by atoms with van der Waals surface area (Å²) in [5.41, 5.74) is 0.0392. The number of nitrogens with one attached hydrogen (secondary N) is 1. The monoisotopic (exact) mass is 227 g/mol. The lowest BCUT2D eigenvalue weighted by atomic mass is 9.80. The minimum absolute atomic E-state index is 0.00949. The molecule has 2 aliphatic heterocycles. The average molecular weight is 227 g/mol. The minimum Gasteiger partial charge on any atom is -0.375 e. The molecule has 3 unspecified atom stereocenters. The maximum absolute atomic E-state index is 6.32. The summed E-state index contributed by atoms with van der Waals surface area (Å²) < 4.78 is 12.2. The summed E-state index contributed by atoms with van der Waals surface area (Å²) in [4.78, 5) is 0. The summed E-state index contributed by atoms with van der Waals surface area (Å²) in [6.45, 7) is 9.44. The molecule has 2 heterocycles. The van der Waals surface area contributed by atoms with E-state index in [2.05, 4.69) is 26.1 Å². The summed E-state index contributed by atoms with van der Waals surface area (Å²) >= 11 is 0. The molecule has 0 radical (unpaired) electrons. The van der Waals surface area contributed by atoms with Crippen LogP contribution in [-0.4, -0.2) is 37.0 Å². The highest BCUT2D eigenvalue weighted by Crippen LogP contribution is 2.38. The lowest BCUT2D eigenvalue weighted by Crippen LogP contribution is -2.59. The van der Waals surface area contributed by atoms with Gasteiger partial charge in [-0.25, -0.2) is 0 Å². The molecule has 0 aliphatic carbocycles. The van der Waals surface area contributed by atoms with Gasteiger partial charge in [0.05, 0.1) is 23.9 Å². The smallest absolute Gasteiger partial charge is 0.0859 e. The molecule has 0 aromatic rings. The van der Waals surface area contributed by atoms with Gasteiger partial charge in [0.25, 0.3) is 0 Å². The zero-order chi connectivity index (χ0) is 11.6. The van der Waals surface area contributed by atoms with Crippen molar-refractivity contribution in [3.63, 3.8) is 0 Å². The Morgan fingerprint density at radius 2 is 2.19 bits per heavy atom. The van der Waals surface area contributed by atoms with Gasteiger partial charge in [-0.1, -0.05) is 13.8 Å². The van der Waals surface area contributed by atoms with E-state index < -0.39 is 0 Å². The van der Waals surface area contributed by atoms with Gasteiger partial charge in [-0.05, 0) is 19.8 Å². The van der Waals surface area contributed by atoms with E-state index in [1.54, 1.807) is 0 Å². The Bertz CT molecular complexity index is 242. The first-order valence-electron chi connectivity index (χ1n) is 6.64. The van der Waals surface area contributed by atoms with Crippen LogP contribution < -0.4 is 5.32 Å². The number of rotatable bonds is 2. The van der Waals surface area contributed by atoms with Crippen molar-refractivity contribution in [3.8, 4) is 0 Å². The van der Waals surface area contributed by atoms with Crippen LogP contribution in [0.15, 0.2) is 0 Å². The van der Waals surface area contributed by atoms with E-state index in [0.29, 0.717) is 6.10 Å². The molecule has 0 saturated carbocycles. The lowest BCUT2D eigenvalue weighted by molar-refractivity contribution is -0.205. The third kappa shape index (κ3) is 2.41. The Kier molecular flexibility index (Phi) is 3.57. The predicted molar refractivity (Wildman–Crippen MR) is 64.6 cm³/mol. The highest BCUT2D eigenvalue weighted by Gasteiger charge is 2.45. The molecule has 3 heteroatoms. The second-order valence-corrected chi connectivity index (χ2v) is 5.54. The van der Waals surface area contributed by atoms with Gasteiger partial charge in [-0.2, -0.15) is 0 Å². The van der Waals surface area contributed by atoms with Gasteiger partial charge < -0.3 is 14.8 Å². The van der Waals surface area contributed by atoms with Crippen molar-refractivity contribution in [2.24, 2.45) is 0 Å². The largest absolute Gasteiger partial charge is 0.375 e. The molecule has 3 atom stereocenters. The van der Waals surface area contributed by atoms with Gasteiger partial charge >= 0.3 is 0 Å². The summed E-state index contributed by atoms with van der Waals surface area (Å²) in [5.74, 6) is 0. The summed E-state index contributed by atoms with van der Waals surface area (Å²) in [6, 6.07) is 0. The zero-order valence-electron chi connectivity index (χ0n) is 10.8. The number of morpholine rings is 1. The number of ether oxygens (including phenoxy) is 2. The average Bonchev–Trinajstić information content (AvgIpc) is 2.29. The SMILES string of the molecule is CCC1CNCC2(CCOC(C)(CC)C2)O1. The minimum atomic E-state index is 0.00949. The third-order valence-corrected chi connectivity index (χ3v) is 4.14. The van der Waals surface area contributed by atoms with Crippen molar-refractivity contribution in [2.75, 3.05) is 19.7 Å². The fourth-order valence-corrected chi connectivity index (χ4v) is 2.91. The number of hydrogen-bond acceptors (Lipinski definition) is 3. The molecular formula is C13H25NO2. The molecule has 2 fully saturated rings. The molecule has 0 bridgehead atoms. The van der Waals surface area contributed by atoms with Crippen LogP contribution in [0.25, 0.3) is 0 Å². The third-order valence-electron chi connectivity index (χ3n) is 4.14. The van der Waals surface area contributed by atoms with Crippen molar-refractivity contribution in [2.45, 2.75) is 63.8 Å². The van der Waals surface area contributed by atoms with Gasteiger partial charge in [-0.3, -0.25) is 0 Å². The molecule has 94 valence electrons. The van der Waals surface area contributed by atoms with E-state index in [0.717, 1.165) is 45.4 Å². The molecule has 2 rings (SSSR count). The molecule has 2 aliphatic rings. The van der Waals surface area contributed by atoms with Gasteiger partial charge in [0.15, 0.2) is 0 Å². The van der Waals surface area contributed by atoms with E-state index in [9.17, 15) is 0 Å². The van der Waals surface area contributed by atoms with E-state index in [1.165, 1.54) is 0 Å². The highest BCUT2D eigenvalue weighted by molar-refractivity contribution is 4.97. The topological polar surface area (TPSA) is 30.5 Å². The molecule has 16 heavy (non-hydrogen) atoms. The van der Waals surface area contributed by atoms with Crippen LogP contribution in [-0.2, 0) is 9.47 Å². The lowest BCUT2D eigenvalue weighted by Gasteiger charge is -2.49. The Balaban J connectivity index is 2.06. The summed E-state index contributed by atoms with van der Waals surface area (Å²) in [5, 5.41) is 3.53. The zero-order valence-corrected chi connectivity index (χ0v) is 10.8. The molecule has 1 N–H and O–H groups in total. The van der Waals surface area contributed by atoms with E-state index >= 15 is 0 Å². The summed E-state index contributed by atoms with van der Waals surface area (Å²) in [7, 11) is 0. The fraction of sp³-hybridized carbons (Fsp3) is 1.00. The summed E-state index contributed by atoms with van der Waals surface area (Å²) in [6.07, 6.45) is 4.60. The van der Waals surface area contributed by atoms with Gasteiger partial charge in [0.2, 0.25) is 0 Å². The molecule has 1 spiro atoms. The molecule has 2 saturated heterocycles. The maximum atomic E-state index is 6.32. The maximum Gasteiger partial charge on any atom is 0.0859 e. The molecular weight excluding hydrogens is 202 g/mol. The van der Waals surface area contributed by atoms with Crippen LogP contribution in [0.1, 0.15) is 46.5 Å². The van der Waals surface area contributed by atoms with Crippen molar-refractivity contribution in [1.82, 2.24) is 5.32 Å². The highest BCUT2D eigenvalue weighted by atomic mass is 16.5. The van der Waals surface area contributed by atoms with Crippen molar-refractivity contribution < 1.29 is 9.47 Å². The normalized spacial score (nSPS) is 44.8. The van der Waals surface area contributed by atoms with Crippen molar-refractivity contribution in [1.29, 1.82) is 0 Å². The van der Waals surface area contributed by atoms with Gasteiger partial charge in [-0.15, -0.1) is 0 Å². The molecule has 0 amide bonds. The first-order valence-corrected chi connectivity index (χ1v) is 6.64. The molecule has 0 aromatic heterocycles. The van der Waals surface area contributed by atoms with Gasteiger partial charge in [0, 0.05) is 25.9 Å². The van der Waals surface area contributed by atoms with Crippen molar-refractivity contribution in [3.05, 3.63) is 0 Å². The predicted octanol–water partition coefficient (Wildman–Crippen LogP) is 2.10. The first-order chi connectivity index (χ1) is 7.61. The Morgan fingerprint density at radius 1 is 1.38 bits per heavy atom. The van der Waals surface area contributed by atoms with E-state index in [-0.39, 0.29) is 11.2 Å².